The Hall–Kier alpha value is -1.55. The molecule has 134 valence electrons. The summed E-state index contributed by atoms with van der Waals surface area (Å²) in [7, 11) is -0.597. The molecule has 0 saturated carbocycles. The fourth-order valence-corrected chi connectivity index (χ4v) is 8.95. The van der Waals surface area contributed by atoms with Crippen LogP contribution in [-0.4, -0.2) is 21.4 Å². The summed E-state index contributed by atoms with van der Waals surface area (Å²) in [5.74, 6) is 0.624. The Bertz CT molecular complexity index is 540. The zero-order chi connectivity index (χ0) is 18.3. The molecule has 0 unspecified atom stereocenters. The summed E-state index contributed by atoms with van der Waals surface area (Å²) in [6.07, 6.45) is 3.95. The van der Waals surface area contributed by atoms with Crippen molar-refractivity contribution in [3.63, 3.8) is 0 Å². The maximum Gasteiger partial charge on any atom is 0.330 e. The van der Waals surface area contributed by atoms with Crippen LogP contribution >= 0.6 is 0 Å². The van der Waals surface area contributed by atoms with Gasteiger partial charge >= 0.3 is 5.97 Å². The number of hydrogen-bond donors (Lipinski definition) is 0. The second-order valence-corrected chi connectivity index (χ2v) is 12.5. The van der Waals surface area contributed by atoms with Crippen molar-refractivity contribution in [2.75, 3.05) is 7.11 Å². The monoisotopic (exact) mass is 348 g/mol. The van der Waals surface area contributed by atoms with E-state index in [-0.39, 0.29) is 5.97 Å². The molecule has 3 nitrogen and oxygen atoms in total. The van der Waals surface area contributed by atoms with Gasteiger partial charge in [-0.3, -0.25) is 0 Å². The van der Waals surface area contributed by atoms with E-state index in [0.717, 1.165) is 11.3 Å². The van der Waals surface area contributed by atoms with Crippen LogP contribution in [0.4, 0.5) is 0 Å². The third-order valence-corrected chi connectivity index (χ3v) is 10.7. The smallest absolute Gasteiger partial charge is 0.330 e. The van der Waals surface area contributed by atoms with E-state index in [1.54, 1.807) is 0 Å². The Kier molecular flexibility index (Phi) is 7.74. The second-order valence-electron chi connectivity index (χ2n) is 7.16. The van der Waals surface area contributed by atoms with Crippen LogP contribution in [0.15, 0.2) is 36.4 Å². The number of allylic oxidation sites excluding steroid dienone is 1. The topological polar surface area (TPSA) is 35.5 Å². The molecule has 0 N–H and O–H groups in total. The quantitative estimate of drug-likeness (QED) is 0.353. The van der Waals surface area contributed by atoms with Crippen LogP contribution in [0.1, 0.15) is 47.1 Å². The van der Waals surface area contributed by atoms with Crippen molar-refractivity contribution in [1.29, 1.82) is 0 Å². The molecule has 0 fully saturated rings. The molecule has 0 atom stereocenters. The minimum absolute atomic E-state index is 0.330. The fraction of sp³-hybridized carbons (Fsp3) is 0.550. The molecule has 0 aliphatic heterocycles. The number of carbonyl (C=O) groups excluding carboxylic acids is 1. The minimum atomic E-state index is -1.98. The van der Waals surface area contributed by atoms with Crippen molar-refractivity contribution in [3.05, 3.63) is 42.0 Å². The standard InChI is InChI=1S/C20H32O3Si/c1-15(2)24(16(3)4,17(5)6)23-19-13-9-8-11-18(19)12-10-14-20(21)22-7/h8-11,13-17H,12H2,1-7H3. The highest BCUT2D eigenvalue weighted by Gasteiger charge is 2.47. The van der Waals surface area contributed by atoms with Gasteiger partial charge in [-0.15, -0.1) is 0 Å². The van der Waals surface area contributed by atoms with Gasteiger partial charge in [0, 0.05) is 6.08 Å². The van der Waals surface area contributed by atoms with E-state index in [0.29, 0.717) is 23.0 Å². The number of methoxy groups -OCH3 is 1. The van der Waals surface area contributed by atoms with Gasteiger partial charge in [-0.25, -0.2) is 4.79 Å². The Morgan fingerprint density at radius 2 is 1.58 bits per heavy atom. The van der Waals surface area contributed by atoms with Crippen LogP contribution in [0.2, 0.25) is 16.6 Å². The van der Waals surface area contributed by atoms with Crippen LogP contribution in [-0.2, 0) is 16.0 Å². The molecule has 0 saturated heterocycles. The van der Waals surface area contributed by atoms with Gasteiger partial charge in [-0.1, -0.05) is 65.8 Å². The number of esters is 1. The Balaban J connectivity index is 3.13. The highest BCUT2D eigenvalue weighted by Crippen LogP contribution is 2.43. The van der Waals surface area contributed by atoms with Gasteiger partial charge < -0.3 is 9.16 Å². The van der Waals surface area contributed by atoms with E-state index in [9.17, 15) is 4.79 Å². The van der Waals surface area contributed by atoms with Crippen molar-refractivity contribution < 1.29 is 14.0 Å². The fourth-order valence-electron chi connectivity index (χ4n) is 3.67. The van der Waals surface area contributed by atoms with E-state index in [2.05, 4.69) is 58.4 Å². The lowest BCUT2D eigenvalue weighted by Crippen LogP contribution is -2.50. The number of benzene rings is 1. The number of para-hydroxylation sites is 1. The normalized spacial score (nSPS) is 12.4. The number of hydrogen-bond acceptors (Lipinski definition) is 3. The number of carbonyl (C=O) groups is 1. The molecule has 0 bridgehead atoms. The summed E-state index contributed by atoms with van der Waals surface area (Å²) in [6, 6.07) is 8.15. The first kappa shape index (κ1) is 20.5. The van der Waals surface area contributed by atoms with Crippen LogP contribution in [0.5, 0.6) is 5.75 Å². The first-order valence-electron chi connectivity index (χ1n) is 8.77. The predicted molar refractivity (Wildman–Crippen MR) is 103 cm³/mol. The van der Waals surface area contributed by atoms with Gasteiger partial charge in [0.05, 0.1) is 7.11 Å². The summed E-state index contributed by atoms with van der Waals surface area (Å²) in [6.45, 7) is 13.7. The van der Waals surface area contributed by atoms with Crippen LogP contribution in [0.3, 0.4) is 0 Å². The van der Waals surface area contributed by atoms with Crippen molar-refractivity contribution >= 4 is 14.3 Å². The lowest BCUT2D eigenvalue weighted by molar-refractivity contribution is -0.134. The molecule has 1 aromatic rings. The lowest BCUT2D eigenvalue weighted by Gasteiger charge is -2.42. The van der Waals surface area contributed by atoms with Crippen molar-refractivity contribution in [1.82, 2.24) is 0 Å². The third-order valence-electron chi connectivity index (χ3n) is 4.76. The van der Waals surface area contributed by atoms with E-state index in [1.807, 2.05) is 18.2 Å². The van der Waals surface area contributed by atoms with Crippen LogP contribution in [0, 0.1) is 0 Å². The number of rotatable bonds is 8. The number of ether oxygens (including phenoxy) is 1. The summed E-state index contributed by atoms with van der Waals surface area (Å²) in [5.41, 5.74) is 2.68. The molecule has 0 spiro atoms. The highest BCUT2D eigenvalue weighted by molar-refractivity contribution is 6.78. The van der Waals surface area contributed by atoms with E-state index in [1.165, 1.54) is 13.2 Å². The largest absolute Gasteiger partial charge is 0.542 e. The molecular formula is C20H32O3Si. The third kappa shape index (κ3) is 4.73. The Morgan fingerprint density at radius 1 is 1.04 bits per heavy atom. The molecule has 0 aliphatic carbocycles. The van der Waals surface area contributed by atoms with Crippen molar-refractivity contribution in [2.24, 2.45) is 0 Å². The molecule has 0 radical (unpaired) electrons. The maximum atomic E-state index is 11.3. The molecule has 1 rings (SSSR count). The van der Waals surface area contributed by atoms with Gasteiger partial charge in [-0.2, -0.15) is 0 Å². The second kappa shape index (κ2) is 9.07. The first-order valence-corrected chi connectivity index (χ1v) is 10.9. The molecule has 0 aromatic heterocycles. The van der Waals surface area contributed by atoms with Gasteiger partial charge in [0.1, 0.15) is 5.75 Å². The molecule has 0 amide bonds. The molecule has 24 heavy (non-hydrogen) atoms. The van der Waals surface area contributed by atoms with Gasteiger partial charge in [0.25, 0.3) is 8.32 Å². The zero-order valence-corrected chi connectivity index (χ0v) is 17.1. The van der Waals surface area contributed by atoms with Crippen molar-refractivity contribution in [2.45, 2.75) is 64.6 Å². The predicted octanol–water partition coefficient (Wildman–Crippen LogP) is 5.51. The van der Waals surface area contributed by atoms with Gasteiger partial charge in [0.2, 0.25) is 0 Å². The van der Waals surface area contributed by atoms with Gasteiger partial charge in [0.15, 0.2) is 0 Å². The van der Waals surface area contributed by atoms with Crippen LogP contribution < -0.4 is 4.43 Å². The summed E-state index contributed by atoms with van der Waals surface area (Å²) < 4.78 is 11.4. The average molecular weight is 349 g/mol. The van der Waals surface area contributed by atoms with Gasteiger partial charge in [-0.05, 0) is 34.7 Å². The summed E-state index contributed by atoms with van der Waals surface area (Å²) in [5, 5.41) is 0. The van der Waals surface area contributed by atoms with E-state index in [4.69, 9.17) is 4.43 Å². The molecular weight excluding hydrogens is 316 g/mol. The molecule has 4 heteroatoms. The first-order chi connectivity index (χ1) is 11.3. The zero-order valence-electron chi connectivity index (χ0n) is 16.1. The summed E-state index contributed by atoms with van der Waals surface area (Å²) >= 11 is 0. The summed E-state index contributed by atoms with van der Waals surface area (Å²) in [4.78, 5) is 11.3. The SMILES string of the molecule is COC(=O)C=CCc1ccccc1O[Si](C(C)C)(C(C)C)C(C)C. The maximum absolute atomic E-state index is 11.3. The average Bonchev–Trinajstić information content (AvgIpc) is 2.52. The van der Waals surface area contributed by atoms with E-state index >= 15 is 0 Å². The molecule has 1 aromatic carbocycles. The highest BCUT2D eigenvalue weighted by atomic mass is 28.4. The Morgan fingerprint density at radius 3 is 2.08 bits per heavy atom. The lowest BCUT2D eigenvalue weighted by atomic mass is 10.1. The Labute approximate surface area is 148 Å². The minimum Gasteiger partial charge on any atom is -0.542 e. The molecule has 0 aliphatic rings. The van der Waals surface area contributed by atoms with E-state index < -0.39 is 8.32 Å². The van der Waals surface area contributed by atoms with Crippen molar-refractivity contribution in [3.8, 4) is 5.75 Å². The molecule has 0 heterocycles. The van der Waals surface area contributed by atoms with Crippen LogP contribution in [0.25, 0.3) is 0 Å².